The van der Waals surface area contributed by atoms with Gasteiger partial charge in [-0.3, -0.25) is 0 Å². The zero-order valence-corrected chi connectivity index (χ0v) is 9.20. The van der Waals surface area contributed by atoms with Crippen LogP contribution in [-0.4, -0.2) is 18.1 Å². The molecule has 14 heavy (non-hydrogen) atoms. The number of nitrogens with zero attached hydrogens (tertiary/aromatic N) is 1. The van der Waals surface area contributed by atoms with Gasteiger partial charge >= 0.3 is 6.08 Å². The Morgan fingerprint density at radius 3 is 2.79 bits per heavy atom. The Morgan fingerprint density at radius 2 is 2.21 bits per heavy atom. The second-order valence-corrected chi connectivity index (χ2v) is 3.70. The quantitative estimate of drug-likeness (QED) is 0.784. The molecule has 1 aromatic heterocycles. The standard InChI is InChI=1S/C10H18N2O2/c1-7(2)8(3)14-10-12-9(5-11-4)6-13-10/h6-8,11H,5H2,1-4H3. The number of nitrogens with one attached hydrogen (secondary N) is 1. The summed E-state index contributed by atoms with van der Waals surface area (Å²) in [7, 11) is 1.87. The lowest BCUT2D eigenvalue weighted by Gasteiger charge is -2.14. The predicted octanol–water partition coefficient (Wildman–Crippen LogP) is 1.82. The molecule has 1 unspecified atom stereocenters. The minimum Gasteiger partial charge on any atom is -0.447 e. The molecule has 0 saturated carbocycles. The molecule has 4 heteroatoms. The highest BCUT2D eigenvalue weighted by molar-refractivity contribution is 4.99. The topological polar surface area (TPSA) is 47.3 Å². The van der Waals surface area contributed by atoms with Crippen LogP contribution in [0.4, 0.5) is 0 Å². The number of rotatable bonds is 5. The highest BCUT2D eigenvalue weighted by Crippen LogP contribution is 2.14. The predicted molar refractivity (Wildman–Crippen MR) is 54.2 cm³/mol. The molecule has 0 radical (unpaired) electrons. The number of aromatic nitrogens is 1. The first-order chi connectivity index (χ1) is 6.63. The Balaban J connectivity index is 2.50. The first-order valence-corrected chi connectivity index (χ1v) is 4.89. The molecule has 0 aliphatic carbocycles. The molecule has 1 rings (SSSR count). The van der Waals surface area contributed by atoms with E-state index >= 15 is 0 Å². The molecule has 0 spiro atoms. The lowest BCUT2D eigenvalue weighted by Crippen LogP contribution is -2.18. The normalized spacial score (nSPS) is 13.2. The molecule has 1 atom stereocenters. The van der Waals surface area contributed by atoms with Crippen molar-refractivity contribution in [2.75, 3.05) is 7.05 Å². The first-order valence-electron chi connectivity index (χ1n) is 4.89. The van der Waals surface area contributed by atoms with Crippen LogP contribution in [0.1, 0.15) is 26.5 Å². The summed E-state index contributed by atoms with van der Waals surface area (Å²) < 4.78 is 10.7. The van der Waals surface area contributed by atoms with Gasteiger partial charge in [0.2, 0.25) is 0 Å². The molecule has 1 aromatic rings. The van der Waals surface area contributed by atoms with Crippen LogP contribution in [0.25, 0.3) is 0 Å². The molecule has 0 aliphatic heterocycles. The highest BCUT2D eigenvalue weighted by Gasteiger charge is 2.12. The van der Waals surface area contributed by atoms with Gasteiger partial charge in [-0.2, -0.15) is 4.98 Å². The second-order valence-electron chi connectivity index (χ2n) is 3.70. The molecule has 0 fully saturated rings. The first kappa shape index (κ1) is 11.0. The van der Waals surface area contributed by atoms with Gasteiger partial charge < -0.3 is 14.5 Å². The van der Waals surface area contributed by atoms with E-state index in [-0.39, 0.29) is 6.10 Å². The fourth-order valence-corrected chi connectivity index (χ4v) is 0.900. The van der Waals surface area contributed by atoms with Crippen LogP contribution in [0.5, 0.6) is 6.08 Å². The molecule has 0 aromatic carbocycles. The zero-order chi connectivity index (χ0) is 10.6. The lowest BCUT2D eigenvalue weighted by atomic mass is 10.1. The van der Waals surface area contributed by atoms with Crippen LogP contribution in [-0.2, 0) is 6.54 Å². The molecule has 1 heterocycles. The molecule has 4 nitrogen and oxygen atoms in total. The minimum atomic E-state index is 0.121. The SMILES string of the molecule is CNCc1coc(OC(C)C(C)C)n1. The van der Waals surface area contributed by atoms with E-state index in [0.717, 1.165) is 5.69 Å². The summed E-state index contributed by atoms with van der Waals surface area (Å²) >= 11 is 0. The number of ether oxygens (including phenoxy) is 1. The van der Waals surface area contributed by atoms with Crippen molar-refractivity contribution in [2.45, 2.75) is 33.4 Å². The van der Waals surface area contributed by atoms with Crippen molar-refractivity contribution < 1.29 is 9.15 Å². The zero-order valence-electron chi connectivity index (χ0n) is 9.20. The molecule has 0 amide bonds. The van der Waals surface area contributed by atoms with Gasteiger partial charge in [-0.05, 0) is 19.9 Å². The summed E-state index contributed by atoms with van der Waals surface area (Å²) in [6, 6.07) is 0. The second kappa shape index (κ2) is 5.00. The molecule has 80 valence electrons. The van der Waals surface area contributed by atoms with Crippen LogP contribution < -0.4 is 10.1 Å². The Kier molecular flexibility index (Phi) is 3.95. The van der Waals surface area contributed by atoms with Crippen molar-refractivity contribution in [1.29, 1.82) is 0 Å². The molecule has 0 saturated heterocycles. The molecular weight excluding hydrogens is 180 g/mol. The van der Waals surface area contributed by atoms with E-state index in [1.165, 1.54) is 0 Å². The summed E-state index contributed by atoms with van der Waals surface area (Å²) in [6.07, 6.45) is 2.09. The van der Waals surface area contributed by atoms with Crippen LogP contribution in [0.3, 0.4) is 0 Å². The third-order valence-corrected chi connectivity index (χ3v) is 2.11. The van der Waals surface area contributed by atoms with Crippen molar-refractivity contribution in [3.63, 3.8) is 0 Å². The average Bonchev–Trinajstić information content (AvgIpc) is 2.53. The number of hydrogen-bond acceptors (Lipinski definition) is 4. The van der Waals surface area contributed by atoms with Gasteiger partial charge in [-0.1, -0.05) is 13.8 Å². The van der Waals surface area contributed by atoms with Crippen LogP contribution >= 0.6 is 0 Å². The van der Waals surface area contributed by atoms with E-state index in [2.05, 4.69) is 24.1 Å². The summed E-state index contributed by atoms with van der Waals surface area (Å²) in [6.45, 7) is 6.90. The maximum absolute atomic E-state index is 5.50. The third-order valence-electron chi connectivity index (χ3n) is 2.11. The van der Waals surface area contributed by atoms with Crippen LogP contribution in [0, 0.1) is 5.92 Å². The molecule has 1 N–H and O–H groups in total. The molecule has 0 bridgehead atoms. The van der Waals surface area contributed by atoms with Crippen LogP contribution in [0.2, 0.25) is 0 Å². The Hall–Kier alpha value is -1.03. The van der Waals surface area contributed by atoms with Crippen molar-refractivity contribution in [2.24, 2.45) is 5.92 Å². The fraction of sp³-hybridized carbons (Fsp3) is 0.700. The Labute approximate surface area is 84.7 Å². The molecular formula is C10H18N2O2. The summed E-state index contributed by atoms with van der Waals surface area (Å²) in [4.78, 5) is 4.17. The largest absolute Gasteiger partial charge is 0.447 e. The summed E-state index contributed by atoms with van der Waals surface area (Å²) in [5.41, 5.74) is 0.860. The number of hydrogen-bond donors (Lipinski definition) is 1. The maximum Gasteiger partial charge on any atom is 0.394 e. The average molecular weight is 198 g/mol. The third kappa shape index (κ3) is 3.03. The van der Waals surface area contributed by atoms with Gasteiger partial charge in [0.15, 0.2) is 0 Å². The Bertz CT molecular complexity index is 271. The van der Waals surface area contributed by atoms with Crippen molar-refractivity contribution in [3.8, 4) is 6.08 Å². The van der Waals surface area contributed by atoms with Crippen LogP contribution in [0.15, 0.2) is 10.7 Å². The van der Waals surface area contributed by atoms with Crippen molar-refractivity contribution in [1.82, 2.24) is 10.3 Å². The van der Waals surface area contributed by atoms with E-state index in [0.29, 0.717) is 18.5 Å². The molecule has 0 aliphatic rings. The maximum atomic E-state index is 5.50. The monoisotopic (exact) mass is 198 g/mol. The summed E-state index contributed by atoms with van der Waals surface area (Å²) in [5, 5.41) is 3.00. The van der Waals surface area contributed by atoms with E-state index < -0.39 is 0 Å². The van der Waals surface area contributed by atoms with Gasteiger partial charge in [0, 0.05) is 6.54 Å². The fourth-order valence-electron chi connectivity index (χ4n) is 0.900. The lowest BCUT2D eigenvalue weighted by molar-refractivity contribution is 0.123. The minimum absolute atomic E-state index is 0.121. The Morgan fingerprint density at radius 1 is 1.50 bits per heavy atom. The van der Waals surface area contributed by atoms with Gasteiger partial charge in [0.1, 0.15) is 12.4 Å². The smallest absolute Gasteiger partial charge is 0.394 e. The van der Waals surface area contributed by atoms with E-state index in [1.54, 1.807) is 6.26 Å². The summed E-state index contributed by atoms with van der Waals surface area (Å²) in [5.74, 6) is 0.453. The van der Waals surface area contributed by atoms with Gasteiger partial charge in [0.05, 0.1) is 5.69 Å². The number of oxazole rings is 1. The highest BCUT2D eigenvalue weighted by atomic mass is 16.6. The van der Waals surface area contributed by atoms with E-state index in [1.807, 2.05) is 14.0 Å². The van der Waals surface area contributed by atoms with E-state index in [4.69, 9.17) is 9.15 Å². The van der Waals surface area contributed by atoms with Crippen molar-refractivity contribution >= 4 is 0 Å². The van der Waals surface area contributed by atoms with Crippen molar-refractivity contribution in [3.05, 3.63) is 12.0 Å². The van der Waals surface area contributed by atoms with Gasteiger partial charge in [0.25, 0.3) is 0 Å². The van der Waals surface area contributed by atoms with E-state index in [9.17, 15) is 0 Å². The van der Waals surface area contributed by atoms with Gasteiger partial charge in [-0.25, -0.2) is 0 Å². The van der Waals surface area contributed by atoms with Gasteiger partial charge in [-0.15, -0.1) is 0 Å².